The van der Waals surface area contributed by atoms with Gasteiger partial charge in [-0.15, -0.1) is 0 Å². The summed E-state index contributed by atoms with van der Waals surface area (Å²) in [6.45, 7) is 4.78. The normalized spacial score (nSPS) is 17.6. The maximum absolute atomic E-state index is 12.9. The predicted molar refractivity (Wildman–Crippen MR) is 106 cm³/mol. The van der Waals surface area contributed by atoms with Crippen LogP contribution in [0.1, 0.15) is 30.9 Å². The van der Waals surface area contributed by atoms with Crippen molar-refractivity contribution >= 4 is 27.5 Å². The largest absolute Gasteiger partial charge is 0.318 e. The molecule has 2 aromatic rings. The summed E-state index contributed by atoms with van der Waals surface area (Å²) in [5, 5.41) is 5.15. The quantitative estimate of drug-likeness (QED) is 0.753. The van der Waals surface area contributed by atoms with Crippen molar-refractivity contribution < 1.29 is 8.42 Å². The van der Waals surface area contributed by atoms with Crippen LogP contribution in [0.5, 0.6) is 0 Å². The highest BCUT2D eigenvalue weighted by Crippen LogP contribution is 2.31. The third kappa shape index (κ3) is 3.63. The van der Waals surface area contributed by atoms with Crippen LogP contribution in [0.25, 0.3) is 0 Å². The molecule has 1 aliphatic rings. The summed E-state index contributed by atoms with van der Waals surface area (Å²) in [6.07, 6.45) is 0. The molecular weight excluding hydrogens is 370 g/mol. The molecule has 0 N–H and O–H groups in total. The lowest BCUT2D eigenvalue weighted by Gasteiger charge is -2.24. The average Bonchev–Trinajstić information content (AvgIpc) is 3.10. The molecule has 1 aliphatic heterocycles. The molecule has 1 unspecified atom stereocenters. The van der Waals surface area contributed by atoms with Gasteiger partial charge in [-0.1, -0.05) is 67.9 Å². The molecule has 0 spiro atoms. The number of hydrogen-bond donors (Lipinski definition) is 0. The zero-order chi connectivity index (χ0) is 18.7. The standard InChI is InChI=1S/C19H22ClN3O2S/c1-3-22(4-2)26(24,25)23-14-18(15-8-6-5-7-9-15)19(21-23)16-10-12-17(20)13-11-16/h5-13,18H,3-4,14H2,1-2H3. The fraction of sp³-hybridized carbons (Fsp3) is 0.316. The van der Waals surface area contributed by atoms with Crippen LogP contribution in [-0.2, 0) is 10.2 Å². The molecule has 5 nitrogen and oxygen atoms in total. The molecule has 0 bridgehead atoms. The Hall–Kier alpha value is -1.89. The van der Waals surface area contributed by atoms with Crippen LogP contribution in [-0.4, -0.2) is 42.5 Å². The van der Waals surface area contributed by atoms with E-state index in [9.17, 15) is 8.42 Å². The van der Waals surface area contributed by atoms with Crippen molar-refractivity contribution in [1.29, 1.82) is 0 Å². The number of benzene rings is 2. The first kappa shape index (κ1) is 18.9. The van der Waals surface area contributed by atoms with E-state index >= 15 is 0 Å². The van der Waals surface area contributed by atoms with Crippen LogP contribution in [0, 0.1) is 0 Å². The number of nitrogens with zero attached hydrogens (tertiary/aromatic N) is 3. The minimum Gasteiger partial charge on any atom is -0.187 e. The Morgan fingerprint density at radius 2 is 1.69 bits per heavy atom. The van der Waals surface area contributed by atoms with Gasteiger partial charge in [0.05, 0.1) is 12.3 Å². The Morgan fingerprint density at radius 3 is 2.27 bits per heavy atom. The summed E-state index contributed by atoms with van der Waals surface area (Å²) in [5.41, 5.74) is 2.66. The van der Waals surface area contributed by atoms with Gasteiger partial charge in [-0.25, -0.2) is 0 Å². The Bertz CT molecular complexity index is 879. The molecule has 0 saturated carbocycles. The third-order valence-corrected chi connectivity index (χ3v) is 6.71. The van der Waals surface area contributed by atoms with Crippen LogP contribution in [0.15, 0.2) is 59.7 Å². The van der Waals surface area contributed by atoms with E-state index in [1.54, 1.807) is 12.1 Å². The van der Waals surface area contributed by atoms with Gasteiger partial charge in [0.25, 0.3) is 0 Å². The van der Waals surface area contributed by atoms with E-state index in [2.05, 4.69) is 5.10 Å². The molecule has 0 amide bonds. The molecule has 1 heterocycles. The smallest absolute Gasteiger partial charge is 0.187 e. The lowest BCUT2D eigenvalue weighted by molar-refractivity contribution is 0.367. The van der Waals surface area contributed by atoms with Crippen molar-refractivity contribution in [3.05, 3.63) is 70.7 Å². The second kappa shape index (κ2) is 7.78. The van der Waals surface area contributed by atoms with Gasteiger partial charge in [-0.05, 0) is 23.3 Å². The molecule has 26 heavy (non-hydrogen) atoms. The number of hydrogen-bond acceptors (Lipinski definition) is 3. The number of rotatable bonds is 6. The van der Waals surface area contributed by atoms with Gasteiger partial charge in [-0.3, -0.25) is 0 Å². The van der Waals surface area contributed by atoms with Gasteiger partial charge in [0.15, 0.2) is 0 Å². The molecule has 1 atom stereocenters. The predicted octanol–water partition coefficient (Wildman–Crippen LogP) is 3.73. The first-order chi connectivity index (χ1) is 12.5. The molecule has 3 rings (SSSR count). The maximum Gasteiger partial charge on any atom is 0.318 e. The van der Waals surface area contributed by atoms with Gasteiger partial charge < -0.3 is 0 Å². The lowest BCUT2D eigenvalue weighted by atomic mass is 9.91. The van der Waals surface area contributed by atoms with Crippen molar-refractivity contribution in [1.82, 2.24) is 8.72 Å². The van der Waals surface area contributed by atoms with Crippen LogP contribution in [0.3, 0.4) is 0 Å². The summed E-state index contributed by atoms with van der Waals surface area (Å²) < 4.78 is 28.5. The Kier molecular flexibility index (Phi) is 5.65. The summed E-state index contributed by atoms with van der Waals surface area (Å²) >= 11 is 6.00. The van der Waals surface area contributed by atoms with Crippen LogP contribution in [0.2, 0.25) is 5.02 Å². The first-order valence-electron chi connectivity index (χ1n) is 8.64. The zero-order valence-electron chi connectivity index (χ0n) is 14.8. The van der Waals surface area contributed by atoms with E-state index in [-0.39, 0.29) is 5.92 Å². The summed E-state index contributed by atoms with van der Waals surface area (Å²) in [4.78, 5) is 0. The molecule has 0 fully saturated rings. The molecule has 0 radical (unpaired) electrons. The molecule has 0 aliphatic carbocycles. The van der Waals surface area contributed by atoms with E-state index in [4.69, 9.17) is 11.6 Å². The molecule has 0 aromatic heterocycles. The minimum absolute atomic E-state index is 0.122. The Morgan fingerprint density at radius 1 is 1.08 bits per heavy atom. The van der Waals surface area contributed by atoms with Crippen LogP contribution < -0.4 is 0 Å². The van der Waals surface area contributed by atoms with E-state index in [0.29, 0.717) is 24.7 Å². The lowest BCUT2D eigenvalue weighted by Crippen LogP contribution is -2.40. The maximum atomic E-state index is 12.9. The highest BCUT2D eigenvalue weighted by Gasteiger charge is 2.37. The second-order valence-corrected chi connectivity index (χ2v) is 8.32. The van der Waals surface area contributed by atoms with Crippen molar-refractivity contribution in [2.45, 2.75) is 19.8 Å². The number of halogens is 1. The van der Waals surface area contributed by atoms with Gasteiger partial charge in [0.2, 0.25) is 0 Å². The van der Waals surface area contributed by atoms with Crippen LogP contribution >= 0.6 is 11.6 Å². The van der Waals surface area contributed by atoms with Gasteiger partial charge >= 0.3 is 10.2 Å². The summed E-state index contributed by atoms with van der Waals surface area (Å²) in [5.74, 6) is -0.122. The van der Waals surface area contributed by atoms with Crippen molar-refractivity contribution in [3.8, 4) is 0 Å². The molecule has 138 valence electrons. The Balaban J connectivity index is 2.04. The molecule has 0 saturated heterocycles. The van der Waals surface area contributed by atoms with Crippen LogP contribution in [0.4, 0.5) is 0 Å². The zero-order valence-corrected chi connectivity index (χ0v) is 16.4. The fourth-order valence-corrected chi connectivity index (χ4v) is 4.70. The monoisotopic (exact) mass is 391 g/mol. The van der Waals surface area contributed by atoms with Gasteiger partial charge in [0.1, 0.15) is 0 Å². The van der Waals surface area contributed by atoms with Gasteiger partial charge in [0, 0.05) is 24.0 Å². The highest BCUT2D eigenvalue weighted by atomic mass is 35.5. The summed E-state index contributed by atoms with van der Waals surface area (Å²) in [6, 6.07) is 17.2. The fourth-order valence-electron chi connectivity index (χ4n) is 3.13. The SMILES string of the molecule is CCN(CC)S(=O)(=O)N1CC(c2ccccc2)C(c2ccc(Cl)cc2)=N1. The van der Waals surface area contributed by atoms with Crippen molar-refractivity contribution in [2.75, 3.05) is 19.6 Å². The summed E-state index contributed by atoms with van der Waals surface area (Å²) in [7, 11) is -3.64. The van der Waals surface area contributed by atoms with E-state index in [1.807, 2.05) is 56.3 Å². The molecule has 7 heteroatoms. The molecule has 2 aromatic carbocycles. The molecular formula is C19H22ClN3O2S. The highest BCUT2D eigenvalue weighted by molar-refractivity contribution is 7.86. The average molecular weight is 392 g/mol. The third-order valence-electron chi connectivity index (χ3n) is 4.53. The van der Waals surface area contributed by atoms with Crippen molar-refractivity contribution in [3.63, 3.8) is 0 Å². The van der Waals surface area contributed by atoms with Crippen molar-refractivity contribution in [2.24, 2.45) is 5.10 Å². The number of hydrazone groups is 1. The van der Waals surface area contributed by atoms with E-state index in [0.717, 1.165) is 16.8 Å². The first-order valence-corrected chi connectivity index (χ1v) is 10.4. The second-order valence-electron chi connectivity index (χ2n) is 6.05. The van der Waals surface area contributed by atoms with E-state index in [1.165, 1.54) is 8.72 Å². The minimum atomic E-state index is -3.64. The topological polar surface area (TPSA) is 53.0 Å². The van der Waals surface area contributed by atoms with Gasteiger partial charge in [-0.2, -0.15) is 22.2 Å². The van der Waals surface area contributed by atoms with E-state index < -0.39 is 10.2 Å². The Labute approximate surface area is 160 Å².